The largest absolute Gasteiger partial charge is 0.493 e. The molecule has 0 heterocycles. The molecule has 0 saturated carbocycles. The summed E-state index contributed by atoms with van der Waals surface area (Å²) in [6.07, 6.45) is 0.235. The summed E-state index contributed by atoms with van der Waals surface area (Å²) in [4.78, 5) is 12.0. The minimum Gasteiger partial charge on any atom is -0.493 e. The summed E-state index contributed by atoms with van der Waals surface area (Å²) in [5.41, 5.74) is 1.21. The average molecular weight is 258 g/mol. The molecule has 0 saturated heterocycles. The molecule has 98 valence electrons. The molecular weight excluding hydrogens is 243 g/mol. The maximum absolute atomic E-state index is 13.1. The van der Waals surface area contributed by atoms with E-state index in [2.05, 4.69) is 0 Å². The molecule has 0 amide bonds. The van der Waals surface area contributed by atoms with E-state index in [1.807, 2.05) is 30.3 Å². The lowest BCUT2D eigenvalue weighted by molar-refractivity contribution is 0.0961. The molecule has 2 aromatic rings. The number of carbonyl (C=O) groups excluding carboxylic acids is 1. The van der Waals surface area contributed by atoms with E-state index in [-0.39, 0.29) is 12.2 Å². The second kappa shape index (κ2) is 6.14. The lowest BCUT2D eigenvalue weighted by Gasteiger charge is -2.07. The zero-order valence-corrected chi connectivity index (χ0v) is 10.7. The summed E-state index contributed by atoms with van der Waals surface area (Å²) in [6, 6.07) is 13.5. The van der Waals surface area contributed by atoms with Gasteiger partial charge >= 0.3 is 0 Å². The summed E-state index contributed by atoms with van der Waals surface area (Å²) in [5.74, 6) is 0.233. The van der Waals surface area contributed by atoms with Crippen LogP contribution >= 0.6 is 0 Å². The predicted molar refractivity (Wildman–Crippen MR) is 72.0 cm³/mol. The van der Waals surface area contributed by atoms with Gasteiger partial charge in [-0.2, -0.15) is 0 Å². The van der Waals surface area contributed by atoms with E-state index in [1.54, 1.807) is 13.0 Å². The first-order chi connectivity index (χ1) is 9.16. The van der Waals surface area contributed by atoms with Gasteiger partial charge in [-0.1, -0.05) is 24.3 Å². The van der Waals surface area contributed by atoms with Crippen LogP contribution in [0.15, 0.2) is 48.5 Å². The Kier molecular flexibility index (Phi) is 4.29. The third-order valence-electron chi connectivity index (χ3n) is 2.84. The zero-order valence-electron chi connectivity index (χ0n) is 10.7. The molecule has 2 aromatic carbocycles. The molecular formula is C16H15FO2. The Balaban J connectivity index is 1.93. The maximum atomic E-state index is 13.1. The number of hydrogen-bond acceptors (Lipinski definition) is 2. The summed E-state index contributed by atoms with van der Waals surface area (Å²) in [6.45, 7) is 2.09. The van der Waals surface area contributed by atoms with Crippen molar-refractivity contribution in [3.05, 3.63) is 65.5 Å². The summed E-state index contributed by atoms with van der Waals surface area (Å²) in [7, 11) is 0. The molecule has 3 heteroatoms. The Labute approximate surface area is 111 Å². The summed E-state index contributed by atoms with van der Waals surface area (Å²) < 4.78 is 18.6. The highest BCUT2D eigenvalue weighted by atomic mass is 19.1. The van der Waals surface area contributed by atoms with Crippen LogP contribution in [0, 0.1) is 12.7 Å². The van der Waals surface area contributed by atoms with Crippen molar-refractivity contribution in [3.63, 3.8) is 0 Å². The Hall–Kier alpha value is -2.16. The van der Waals surface area contributed by atoms with E-state index in [9.17, 15) is 9.18 Å². The lowest BCUT2D eigenvalue weighted by Crippen LogP contribution is -2.08. The molecule has 0 unspecified atom stereocenters. The van der Waals surface area contributed by atoms with E-state index in [0.29, 0.717) is 12.2 Å². The maximum Gasteiger partial charge on any atom is 0.166 e. The molecule has 0 aliphatic rings. The van der Waals surface area contributed by atoms with Crippen LogP contribution in [-0.4, -0.2) is 12.4 Å². The third-order valence-corrected chi connectivity index (χ3v) is 2.84. The first kappa shape index (κ1) is 13.3. The number of ketones is 1. The second-order valence-electron chi connectivity index (χ2n) is 4.29. The van der Waals surface area contributed by atoms with E-state index >= 15 is 0 Å². The average Bonchev–Trinajstić information content (AvgIpc) is 2.42. The summed E-state index contributed by atoms with van der Waals surface area (Å²) >= 11 is 0. The Morgan fingerprint density at radius 1 is 1.16 bits per heavy atom. The van der Waals surface area contributed by atoms with Gasteiger partial charge < -0.3 is 4.74 Å². The van der Waals surface area contributed by atoms with Gasteiger partial charge in [-0.05, 0) is 36.8 Å². The van der Waals surface area contributed by atoms with Gasteiger partial charge in [-0.25, -0.2) is 4.39 Å². The normalized spacial score (nSPS) is 10.2. The highest BCUT2D eigenvalue weighted by Gasteiger charge is 2.10. The number of rotatable bonds is 5. The van der Waals surface area contributed by atoms with Crippen molar-refractivity contribution < 1.29 is 13.9 Å². The van der Waals surface area contributed by atoms with E-state index in [1.165, 1.54) is 12.1 Å². The number of ether oxygens (including phenoxy) is 1. The van der Waals surface area contributed by atoms with Crippen LogP contribution in [0.5, 0.6) is 5.75 Å². The molecule has 0 N–H and O–H groups in total. The monoisotopic (exact) mass is 258 g/mol. The van der Waals surface area contributed by atoms with Crippen LogP contribution in [0.1, 0.15) is 22.3 Å². The molecule has 0 aliphatic heterocycles. The van der Waals surface area contributed by atoms with Crippen LogP contribution in [-0.2, 0) is 0 Å². The quantitative estimate of drug-likeness (QED) is 0.763. The van der Waals surface area contributed by atoms with Gasteiger partial charge in [-0.3, -0.25) is 4.79 Å². The van der Waals surface area contributed by atoms with Gasteiger partial charge in [0, 0.05) is 12.0 Å². The van der Waals surface area contributed by atoms with Crippen LogP contribution in [0.2, 0.25) is 0 Å². The second-order valence-corrected chi connectivity index (χ2v) is 4.29. The molecule has 0 atom stereocenters. The fourth-order valence-electron chi connectivity index (χ4n) is 1.81. The van der Waals surface area contributed by atoms with Gasteiger partial charge in [-0.15, -0.1) is 0 Å². The van der Waals surface area contributed by atoms with Crippen molar-refractivity contribution in [2.45, 2.75) is 13.3 Å². The van der Waals surface area contributed by atoms with Gasteiger partial charge in [0.1, 0.15) is 11.6 Å². The highest BCUT2D eigenvalue weighted by molar-refractivity contribution is 5.97. The van der Waals surface area contributed by atoms with Crippen molar-refractivity contribution in [1.82, 2.24) is 0 Å². The molecule has 0 bridgehead atoms. The van der Waals surface area contributed by atoms with Crippen molar-refractivity contribution in [1.29, 1.82) is 0 Å². The van der Waals surface area contributed by atoms with Crippen molar-refractivity contribution >= 4 is 5.78 Å². The van der Waals surface area contributed by atoms with Crippen molar-refractivity contribution in [3.8, 4) is 5.75 Å². The standard InChI is InChI=1S/C16H15FO2/c1-12-7-8-13(17)11-15(12)16(18)9-10-19-14-5-3-2-4-6-14/h2-8,11H,9-10H2,1H3. The molecule has 0 radical (unpaired) electrons. The number of Topliss-reactive ketones (excluding diaryl/α,β-unsaturated/α-hetero) is 1. The summed E-state index contributed by atoms with van der Waals surface area (Å²) in [5, 5.41) is 0. The predicted octanol–water partition coefficient (Wildman–Crippen LogP) is 3.79. The van der Waals surface area contributed by atoms with E-state index in [0.717, 1.165) is 11.3 Å². The number of halogens is 1. The van der Waals surface area contributed by atoms with Crippen LogP contribution in [0.25, 0.3) is 0 Å². The molecule has 2 rings (SSSR count). The minimum absolute atomic E-state index is 0.104. The Bertz CT molecular complexity index is 564. The number of para-hydroxylation sites is 1. The first-order valence-electron chi connectivity index (χ1n) is 6.14. The molecule has 0 fully saturated rings. The van der Waals surface area contributed by atoms with Gasteiger partial charge in [0.15, 0.2) is 5.78 Å². The number of aryl methyl sites for hydroxylation is 1. The molecule has 0 aromatic heterocycles. The molecule has 0 aliphatic carbocycles. The van der Waals surface area contributed by atoms with Crippen LogP contribution < -0.4 is 4.74 Å². The minimum atomic E-state index is -0.391. The fourth-order valence-corrected chi connectivity index (χ4v) is 1.81. The number of carbonyl (C=O) groups is 1. The SMILES string of the molecule is Cc1ccc(F)cc1C(=O)CCOc1ccccc1. The smallest absolute Gasteiger partial charge is 0.166 e. The van der Waals surface area contributed by atoms with Crippen LogP contribution in [0.4, 0.5) is 4.39 Å². The fraction of sp³-hybridized carbons (Fsp3) is 0.188. The first-order valence-corrected chi connectivity index (χ1v) is 6.14. The topological polar surface area (TPSA) is 26.3 Å². The van der Waals surface area contributed by atoms with Crippen LogP contribution in [0.3, 0.4) is 0 Å². The van der Waals surface area contributed by atoms with E-state index in [4.69, 9.17) is 4.74 Å². The Morgan fingerprint density at radius 3 is 2.63 bits per heavy atom. The molecule has 2 nitrogen and oxygen atoms in total. The lowest BCUT2D eigenvalue weighted by atomic mass is 10.0. The van der Waals surface area contributed by atoms with Gasteiger partial charge in [0.05, 0.1) is 6.61 Å². The highest BCUT2D eigenvalue weighted by Crippen LogP contribution is 2.14. The van der Waals surface area contributed by atoms with Gasteiger partial charge in [0.2, 0.25) is 0 Å². The van der Waals surface area contributed by atoms with Crippen molar-refractivity contribution in [2.24, 2.45) is 0 Å². The Morgan fingerprint density at radius 2 is 1.89 bits per heavy atom. The third kappa shape index (κ3) is 3.65. The van der Waals surface area contributed by atoms with E-state index < -0.39 is 5.82 Å². The number of benzene rings is 2. The van der Waals surface area contributed by atoms with Crippen molar-refractivity contribution in [2.75, 3.05) is 6.61 Å². The number of hydrogen-bond donors (Lipinski definition) is 0. The molecule has 19 heavy (non-hydrogen) atoms. The zero-order chi connectivity index (χ0) is 13.7. The van der Waals surface area contributed by atoms with Gasteiger partial charge in [0.25, 0.3) is 0 Å². The molecule has 0 spiro atoms.